The van der Waals surface area contributed by atoms with E-state index in [0.29, 0.717) is 0 Å². The second-order valence-electron chi connectivity index (χ2n) is 8.72. The van der Waals surface area contributed by atoms with Crippen molar-refractivity contribution in [1.29, 1.82) is 0 Å². The molecule has 1 aliphatic rings. The van der Waals surface area contributed by atoms with Gasteiger partial charge in [0, 0.05) is 6.07 Å². The second-order valence-corrected chi connectivity index (χ2v) is 8.72. The fourth-order valence-corrected chi connectivity index (χ4v) is 3.61. The molecule has 5 atom stereocenters. The summed E-state index contributed by atoms with van der Waals surface area (Å²) in [5, 5.41) is 50.0. The summed E-state index contributed by atoms with van der Waals surface area (Å²) in [6.45, 7) is 5.52. The summed E-state index contributed by atoms with van der Waals surface area (Å²) in [4.78, 5) is 12.4. The van der Waals surface area contributed by atoms with Crippen LogP contribution in [-0.2, 0) is 4.74 Å². The minimum absolute atomic E-state index is 0.00427. The van der Waals surface area contributed by atoms with Crippen LogP contribution in [-0.4, -0.2) is 69.5 Å². The quantitative estimate of drug-likeness (QED) is 0.258. The molecule has 0 bridgehead atoms. The fraction of sp³-hybridized carbons (Fsp3) is 0.480. The Bertz CT molecular complexity index is 1130. The normalized spacial score (nSPS) is 24.9. The van der Waals surface area contributed by atoms with Crippen LogP contribution in [0.2, 0.25) is 0 Å². The van der Waals surface area contributed by atoms with E-state index >= 15 is 0 Å². The summed E-state index contributed by atoms with van der Waals surface area (Å²) in [7, 11) is 0. The van der Waals surface area contributed by atoms with Gasteiger partial charge in [-0.25, -0.2) is 4.79 Å². The van der Waals surface area contributed by atoms with E-state index in [0.717, 1.165) is 18.4 Å². The lowest BCUT2D eigenvalue weighted by molar-refractivity contribution is -0.277. The monoisotopic (exact) mass is 492 g/mol. The number of benzene rings is 1. The summed E-state index contributed by atoms with van der Waals surface area (Å²) >= 11 is 0. The molecule has 0 amide bonds. The lowest BCUT2D eigenvalue weighted by Crippen LogP contribution is -2.60. The molecule has 10 heteroatoms. The molecule has 1 aliphatic heterocycles. The minimum atomic E-state index is -1.60. The molecule has 1 aromatic carbocycles. The van der Waals surface area contributed by atoms with E-state index in [4.69, 9.17) is 18.6 Å². The van der Waals surface area contributed by atoms with Crippen molar-refractivity contribution in [3.05, 3.63) is 51.9 Å². The van der Waals surface area contributed by atoms with Gasteiger partial charge in [-0.05, 0) is 51.8 Å². The van der Waals surface area contributed by atoms with Crippen molar-refractivity contribution >= 4 is 11.0 Å². The number of ether oxygens (including phenoxy) is 3. The molecule has 0 saturated carbocycles. The average molecular weight is 493 g/mol. The van der Waals surface area contributed by atoms with Crippen LogP contribution in [0.15, 0.2) is 50.7 Å². The molecule has 0 unspecified atom stereocenters. The van der Waals surface area contributed by atoms with E-state index in [1.165, 1.54) is 23.8 Å². The van der Waals surface area contributed by atoms with Crippen molar-refractivity contribution in [2.24, 2.45) is 0 Å². The third kappa shape index (κ3) is 6.41. The van der Waals surface area contributed by atoms with Gasteiger partial charge in [-0.15, -0.1) is 0 Å². The Morgan fingerprint density at radius 3 is 2.51 bits per heavy atom. The van der Waals surface area contributed by atoms with Gasteiger partial charge in [0.25, 0.3) is 0 Å². The summed E-state index contributed by atoms with van der Waals surface area (Å²) < 4.78 is 21.6. The lowest BCUT2D eigenvalue weighted by atomic mass is 9.99. The predicted molar refractivity (Wildman–Crippen MR) is 126 cm³/mol. The van der Waals surface area contributed by atoms with Crippen molar-refractivity contribution in [1.82, 2.24) is 0 Å². The largest absolute Gasteiger partial charge is 0.504 e. The molecule has 0 radical (unpaired) electrons. The maximum absolute atomic E-state index is 12.4. The van der Waals surface area contributed by atoms with Crippen molar-refractivity contribution < 1.29 is 44.2 Å². The number of aliphatic hydroxyl groups is 4. The van der Waals surface area contributed by atoms with E-state index in [1.54, 1.807) is 0 Å². The Hall–Kier alpha value is -2.89. The summed E-state index contributed by atoms with van der Waals surface area (Å²) in [6.07, 6.45) is -1.53. The first-order chi connectivity index (χ1) is 16.6. The Morgan fingerprint density at radius 1 is 1.09 bits per heavy atom. The van der Waals surface area contributed by atoms with Crippen molar-refractivity contribution in [3.8, 4) is 17.2 Å². The van der Waals surface area contributed by atoms with Crippen LogP contribution in [0.3, 0.4) is 0 Å². The van der Waals surface area contributed by atoms with E-state index in [2.05, 4.69) is 6.08 Å². The number of aliphatic hydroxyl groups excluding tert-OH is 4. The summed E-state index contributed by atoms with van der Waals surface area (Å²) in [5.41, 5.74) is 1.45. The highest BCUT2D eigenvalue weighted by atomic mass is 16.7. The number of fused-ring (bicyclic) bond motifs is 1. The molecule has 1 aromatic heterocycles. The first-order valence-corrected chi connectivity index (χ1v) is 11.3. The van der Waals surface area contributed by atoms with Gasteiger partial charge >= 0.3 is 5.63 Å². The zero-order valence-electron chi connectivity index (χ0n) is 19.9. The number of hydrogen-bond acceptors (Lipinski definition) is 10. The van der Waals surface area contributed by atoms with E-state index in [9.17, 15) is 30.3 Å². The molecular weight excluding hydrogens is 460 g/mol. The zero-order chi connectivity index (χ0) is 25.7. The van der Waals surface area contributed by atoms with Crippen molar-refractivity contribution in [3.63, 3.8) is 0 Å². The fourth-order valence-electron chi connectivity index (χ4n) is 3.61. The Balaban J connectivity index is 1.73. The van der Waals surface area contributed by atoms with Crippen LogP contribution in [0.5, 0.6) is 17.2 Å². The molecule has 0 spiro atoms. The van der Waals surface area contributed by atoms with Gasteiger partial charge in [0.05, 0.1) is 12.0 Å². The highest BCUT2D eigenvalue weighted by Crippen LogP contribution is 2.34. The molecular formula is C25H32O10. The molecule has 192 valence electrons. The Morgan fingerprint density at radius 2 is 1.83 bits per heavy atom. The minimum Gasteiger partial charge on any atom is -0.504 e. The highest BCUT2D eigenvalue weighted by molar-refractivity contribution is 5.86. The molecule has 0 aliphatic carbocycles. The molecule has 1 saturated heterocycles. The highest BCUT2D eigenvalue weighted by Gasteiger charge is 2.44. The van der Waals surface area contributed by atoms with Crippen LogP contribution in [0.1, 0.15) is 33.6 Å². The van der Waals surface area contributed by atoms with Crippen LogP contribution < -0.4 is 15.1 Å². The third-order valence-corrected chi connectivity index (χ3v) is 5.66. The second kappa shape index (κ2) is 11.7. The van der Waals surface area contributed by atoms with Gasteiger partial charge in [-0.1, -0.05) is 17.2 Å². The van der Waals surface area contributed by atoms with Gasteiger partial charge in [0.2, 0.25) is 12.0 Å². The lowest BCUT2D eigenvalue weighted by Gasteiger charge is -2.39. The van der Waals surface area contributed by atoms with Gasteiger partial charge in [-0.2, -0.15) is 0 Å². The number of hydrogen-bond donors (Lipinski definition) is 5. The number of allylic oxidation sites excluding steroid dienone is 3. The maximum Gasteiger partial charge on any atom is 0.383 e. The Kier molecular flexibility index (Phi) is 8.92. The number of aromatic hydroxyl groups is 1. The standard InChI is InChI=1S/C25H32O10/c1-13(2)5-4-6-14(3)9-10-32-23-19(27)16-8-7-15(11-17(16)34-24(23)31)33-25-22(30)21(29)20(28)18(12-26)35-25/h5,7-9,11,18,20-22,25-30H,4,6,10,12H2,1-3H3/t18-,20+,21+,22-,25-/m1/s1. The molecule has 35 heavy (non-hydrogen) atoms. The molecule has 3 rings (SSSR count). The maximum atomic E-state index is 12.4. The molecule has 2 heterocycles. The van der Waals surface area contributed by atoms with Crippen molar-refractivity contribution in [2.75, 3.05) is 13.2 Å². The summed E-state index contributed by atoms with van der Waals surface area (Å²) in [6, 6.07) is 4.16. The van der Waals surface area contributed by atoms with Gasteiger partial charge in [-0.3, -0.25) is 0 Å². The van der Waals surface area contributed by atoms with Crippen LogP contribution >= 0.6 is 0 Å². The van der Waals surface area contributed by atoms with Gasteiger partial charge in [0.15, 0.2) is 5.75 Å². The Labute approximate surface area is 202 Å². The molecule has 2 aromatic rings. The van der Waals surface area contributed by atoms with E-state index in [-0.39, 0.29) is 34.8 Å². The van der Waals surface area contributed by atoms with Crippen LogP contribution in [0, 0.1) is 0 Å². The summed E-state index contributed by atoms with van der Waals surface area (Å²) in [5.74, 6) is -0.604. The third-order valence-electron chi connectivity index (χ3n) is 5.66. The smallest absolute Gasteiger partial charge is 0.383 e. The van der Waals surface area contributed by atoms with Gasteiger partial charge in [0.1, 0.15) is 42.4 Å². The molecule has 10 nitrogen and oxygen atoms in total. The van der Waals surface area contributed by atoms with E-state index in [1.807, 2.05) is 26.8 Å². The van der Waals surface area contributed by atoms with Crippen LogP contribution in [0.25, 0.3) is 11.0 Å². The molecule has 5 N–H and O–H groups in total. The first-order valence-electron chi connectivity index (χ1n) is 11.3. The molecule has 1 fully saturated rings. The SMILES string of the molecule is CC(C)=CCCC(C)=CCOc1c(O)c2ccc(O[C@@H]3O[C@H](CO)[C@H](O)[C@H](O)[C@H]3O)cc2oc1=O. The van der Waals surface area contributed by atoms with Crippen molar-refractivity contribution in [2.45, 2.75) is 64.3 Å². The first kappa shape index (κ1) is 26.7. The van der Waals surface area contributed by atoms with Crippen LogP contribution in [0.4, 0.5) is 0 Å². The topological polar surface area (TPSA) is 159 Å². The number of rotatable bonds is 9. The average Bonchev–Trinajstić information content (AvgIpc) is 2.81. The van der Waals surface area contributed by atoms with Gasteiger partial charge < -0.3 is 44.2 Å². The zero-order valence-corrected chi connectivity index (χ0v) is 19.9. The predicted octanol–water partition coefficient (Wildman–Crippen LogP) is 1.75. The van der Waals surface area contributed by atoms with E-state index < -0.39 is 42.9 Å².